The molecule has 0 saturated carbocycles. The zero-order chi connectivity index (χ0) is 29.3. The van der Waals surface area contributed by atoms with Gasteiger partial charge in [-0.05, 0) is 69.2 Å². The summed E-state index contributed by atoms with van der Waals surface area (Å²) in [6, 6.07) is 19.2. The smallest absolute Gasteiger partial charge is 0.264 e. The molecule has 2 amide bonds. The molecule has 10 heteroatoms. The molecule has 0 aromatic heterocycles. The van der Waals surface area contributed by atoms with Crippen molar-refractivity contribution in [3.63, 3.8) is 0 Å². The number of anilines is 1. The highest BCUT2D eigenvalue weighted by molar-refractivity contribution is 7.92. The molecular weight excluding hydrogens is 550 g/mol. The Morgan fingerprint density at radius 3 is 2.35 bits per heavy atom. The second-order valence-corrected chi connectivity index (χ2v) is 11.6. The van der Waals surface area contributed by atoms with Gasteiger partial charge in [0.2, 0.25) is 11.8 Å². The van der Waals surface area contributed by atoms with Gasteiger partial charge in [0.25, 0.3) is 10.0 Å². The predicted molar refractivity (Wildman–Crippen MR) is 158 cm³/mol. The van der Waals surface area contributed by atoms with Gasteiger partial charge in [-0.2, -0.15) is 0 Å². The maximum atomic E-state index is 14.0. The average Bonchev–Trinajstić information content (AvgIpc) is 2.93. The van der Waals surface area contributed by atoms with Gasteiger partial charge in [0.05, 0.1) is 17.2 Å². The third-order valence-electron chi connectivity index (χ3n) is 6.27. The molecule has 0 aliphatic carbocycles. The number of aryl methyl sites for hydroxylation is 1. The van der Waals surface area contributed by atoms with Crippen molar-refractivity contribution in [1.29, 1.82) is 0 Å². The highest BCUT2D eigenvalue weighted by atomic mass is 35.5. The monoisotopic (exact) mass is 585 g/mol. The molecule has 3 aromatic rings. The number of hydrogen-bond donors (Lipinski definition) is 1. The van der Waals surface area contributed by atoms with E-state index in [-0.39, 0.29) is 23.0 Å². The van der Waals surface area contributed by atoms with E-state index in [9.17, 15) is 18.0 Å². The zero-order valence-corrected chi connectivity index (χ0v) is 24.8. The Kier molecular flexibility index (Phi) is 11.0. The summed E-state index contributed by atoms with van der Waals surface area (Å²) in [5, 5.41) is 3.22. The molecule has 40 heavy (non-hydrogen) atoms. The van der Waals surface area contributed by atoms with Crippen molar-refractivity contribution in [2.75, 3.05) is 24.0 Å². The number of ether oxygens (including phenoxy) is 1. The van der Waals surface area contributed by atoms with Crippen LogP contribution in [0.5, 0.6) is 5.75 Å². The Bertz CT molecular complexity index is 1410. The summed E-state index contributed by atoms with van der Waals surface area (Å²) in [5.41, 5.74) is 2.04. The minimum absolute atomic E-state index is 0.0324. The van der Waals surface area contributed by atoms with Crippen molar-refractivity contribution >= 4 is 39.1 Å². The number of carbonyl (C=O) groups excluding carboxylic acids is 2. The Morgan fingerprint density at radius 2 is 1.70 bits per heavy atom. The number of para-hydroxylation sites is 2. The summed E-state index contributed by atoms with van der Waals surface area (Å²) in [6.45, 7) is 7.66. The van der Waals surface area contributed by atoms with Gasteiger partial charge >= 0.3 is 0 Å². The van der Waals surface area contributed by atoms with E-state index in [1.165, 1.54) is 29.2 Å². The van der Waals surface area contributed by atoms with Gasteiger partial charge in [0.1, 0.15) is 18.3 Å². The number of amides is 2. The van der Waals surface area contributed by atoms with Gasteiger partial charge in [-0.1, -0.05) is 60.5 Å². The van der Waals surface area contributed by atoms with Crippen molar-refractivity contribution in [2.45, 2.75) is 51.6 Å². The molecule has 8 nitrogen and oxygen atoms in total. The fourth-order valence-corrected chi connectivity index (χ4v) is 5.72. The molecule has 0 aliphatic heterocycles. The first-order valence-electron chi connectivity index (χ1n) is 13.2. The molecule has 0 heterocycles. The summed E-state index contributed by atoms with van der Waals surface area (Å²) in [7, 11) is -4.23. The number of rotatable bonds is 13. The van der Waals surface area contributed by atoms with Crippen LogP contribution in [0.15, 0.2) is 77.7 Å². The van der Waals surface area contributed by atoms with E-state index in [1.807, 2.05) is 38.1 Å². The summed E-state index contributed by atoms with van der Waals surface area (Å²) >= 11 is 6.01. The Balaban J connectivity index is 2.07. The van der Waals surface area contributed by atoms with E-state index < -0.39 is 28.5 Å². The first kappa shape index (κ1) is 31.0. The highest BCUT2D eigenvalue weighted by Crippen LogP contribution is 2.33. The first-order valence-corrected chi connectivity index (χ1v) is 15.0. The number of halogens is 1. The van der Waals surface area contributed by atoms with Gasteiger partial charge in [-0.3, -0.25) is 13.9 Å². The number of benzene rings is 3. The van der Waals surface area contributed by atoms with Gasteiger partial charge in [-0.15, -0.1) is 0 Å². The minimum Gasteiger partial charge on any atom is -0.492 e. The third kappa shape index (κ3) is 7.76. The van der Waals surface area contributed by atoms with Crippen LogP contribution in [0.4, 0.5) is 5.69 Å². The van der Waals surface area contributed by atoms with Crippen molar-refractivity contribution in [3.8, 4) is 5.75 Å². The van der Waals surface area contributed by atoms with Crippen LogP contribution in [0.25, 0.3) is 0 Å². The lowest BCUT2D eigenvalue weighted by Gasteiger charge is -2.32. The van der Waals surface area contributed by atoms with Crippen LogP contribution in [0.3, 0.4) is 0 Å². The largest absolute Gasteiger partial charge is 0.492 e. The van der Waals surface area contributed by atoms with Gasteiger partial charge in [-0.25, -0.2) is 8.42 Å². The topological polar surface area (TPSA) is 96.0 Å². The van der Waals surface area contributed by atoms with Crippen molar-refractivity contribution in [1.82, 2.24) is 10.2 Å². The van der Waals surface area contributed by atoms with Gasteiger partial charge in [0, 0.05) is 18.1 Å². The van der Waals surface area contributed by atoms with Crippen LogP contribution in [0.2, 0.25) is 5.02 Å². The lowest BCUT2D eigenvalue weighted by molar-refractivity contribution is -0.139. The van der Waals surface area contributed by atoms with E-state index >= 15 is 0 Å². The molecule has 0 fully saturated rings. The number of hydrogen-bond acceptors (Lipinski definition) is 5. The fourth-order valence-electron chi connectivity index (χ4n) is 4.17. The molecule has 3 rings (SSSR count). The van der Waals surface area contributed by atoms with Crippen LogP contribution in [0, 0.1) is 6.92 Å². The van der Waals surface area contributed by atoms with E-state index in [2.05, 4.69) is 5.32 Å². The molecule has 214 valence electrons. The van der Waals surface area contributed by atoms with Crippen LogP contribution < -0.4 is 14.4 Å². The molecule has 0 spiro atoms. The van der Waals surface area contributed by atoms with E-state index in [4.69, 9.17) is 16.3 Å². The molecule has 0 radical (unpaired) electrons. The molecule has 0 bridgehead atoms. The van der Waals surface area contributed by atoms with E-state index in [1.54, 1.807) is 38.1 Å². The summed E-state index contributed by atoms with van der Waals surface area (Å²) in [5.74, 6) is -0.538. The van der Waals surface area contributed by atoms with Crippen molar-refractivity contribution in [3.05, 3.63) is 88.9 Å². The molecule has 1 atom stereocenters. The number of carbonyl (C=O) groups is 2. The van der Waals surface area contributed by atoms with Gasteiger partial charge < -0.3 is 15.0 Å². The zero-order valence-electron chi connectivity index (χ0n) is 23.3. The first-order chi connectivity index (χ1) is 19.1. The van der Waals surface area contributed by atoms with Gasteiger partial charge in [0.15, 0.2) is 0 Å². The molecule has 1 N–H and O–H groups in total. The highest BCUT2D eigenvalue weighted by Gasteiger charge is 2.33. The normalized spacial score (nSPS) is 11.9. The maximum absolute atomic E-state index is 14.0. The molecule has 0 unspecified atom stereocenters. The molecule has 0 saturated heterocycles. The molecule has 3 aromatic carbocycles. The molecular formula is C30H36ClN3O5S. The number of sulfonamides is 1. The van der Waals surface area contributed by atoms with Crippen LogP contribution >= 0.6 is 11.6 Å². The quantitative estimate of drug-likeness (QED) is 0.298. The predicted octanol–water partition coefficient (Wildman–Crippen LogP) is 5.19. The molecule has 0 aliphatic rings. The minimum atomic E-state index is -4.23. The average molecular weight is 586 g/mol. The van der Waals surface area contributed by atoms with Crippen LogP contribution in [0.1, 0.15) is 38.3 Å². The lowest BCUT2D eigenvalue weighted by atomic mass is 10.1. The third-order valence-corrected chi connectivity index (χ3v) is 8.29. The van der Waals surface area contributed by atoms with Crippen LogP contribution in [-0.4, -0.2) is 50.9 Å². The van der Waals surface area contributed by atoms with E-state index in [0.29, 0.717) is 23.9 Å². The lowest BCUT2D eigenvalue weighted by Crippen LogP contribution is -2.51. The van der Waals surface area contributed by atoms with E-state index in [0.717, 1.165) is 21.9 Å². The van der Waals surface area contributed by atoms with Crippen molar-refractivity contribution in [2.24, 2.45) is 0 Å². The number of nitrogens with one attached hydrogen (secondary N) is 1. The second kappa shape index (κ2) is 14.2. The Morgan fingerprint density at radius 1 is 1.00 bits per heavy atom. The second-order valence-electron chi connectivity index (χ2n) is 9.34. The van der Waals surface area contributed by atoms with Crippen LogP contribution in [-0.2, 0) is 26.2 Å². The summed E-state index contributed by atoms with van der Waals surface area (Å²) in [4.78, 5) is 28.4. The standard InChI is InChI=1S/C30H36ClN3O5S/c1-5-18-32-30(36)23(4)33(20-24-11-9-10-22(3)19-24)29(35)21-34(27-12-7-8-13-28(27)39-6-2)40(37,38)26-16-14-25(31)15-17-26/h7-17,19,23H,5-6,18,20-21H2,1-4H3,(H,32,36)/t23-/m0/s1. The summed E-state index contributed by atoms with van der Waals surface area (Å²) in [6.07, 6.45) is 0.742. The number of nitrogens with zero attached hydrogens (tertiary/aromatic N) is 2. The maximum Gasteiger partial charge on any atom is 0.264 e. The van der Waals surface area contributed by atoms with Crippen molar-refractivity contribution < 1.29 is 22.7 Å². The Labute approximate surface area is 241 Å². The Hall–Kier alpha value is -3.56. The fraction of sp³-hybridized carbons (Fsp3) is 0.333. The summed E-state index contributed by atoms with van der Waals surface area (Å²) < 4.78 is 34.7. The SMILES string of the molecule is CCCNC(=O)[C@H](C)N(Cc1cccc(C)c1)C(=O)CN(c1ccccc1OCC)S(=O)(=O)c1ccc(Cl)cc1.